The molecule has 3 aliphatic heterocycles. The minimum Gasteiger partial charge on any atom is -0.481 e. The molecule has 0 radical (unpaired) electrons. The highest BCUT2D eigenvalue weighted by Gasteiger charge is 2.57. The summed E-state index contributed by atoms with van der Waals surface area (Å²) in [4.78, 5) is 81.3. The molecule has 0 bridgehead atoms. The fourth-order valence-electron chi connectivity index (χ4n) is 6.09. The third kappa shape index (κ3) is 4.30. The van der Waals surface area contributed by atoms with Gasteiger partial charge in [0.1, 0.15) is 11.6 Å². The van der Waals surface area contributed by atoms with E-state index in [0.717, 1.165) is 29.1 Å². The highest BCUT2D eigenvalue weighted by atomic mass is 16.4. The van der Waals surface area contributed by atoms with Gasteiger partial charge in [-0.3, -0.25) is 43.5 Å². The van der Waals surface area contributed by atoms with Crippen LogP contribution in [0.4, 0.5) is 0 Å². The molecule has 3 N–H and O–H groups in total. The summed E-state index contributed by atoms with van der Waals surface area (Å²) in [5, 5.41) is 9.77. The monoisotopic (exact) mass is 512 g/mol. The van der Waals surface area contributed by atoms with Gasteiger partial charge >= 0.3 is 5.97 Å². The van der Waals surface area contributed by atoms with E-state index in [-0.39, 0.29) is 30.5 Å². The Balaban J connectivity index is 1.67. The molecule has 5 amide bonds. The molecule has 11 heteroatoms. The third-order valence-corrected chi connectivity index (χ3v) is 8.00. The van der Waals surface area contributed by atoms with Gasteiger partial charge in [0, 0.05) is 18.4 Å². The van der Waals surface area contributed by atoms with Crippen molar-refractivity contribution in [3.8, 4) is 0 Å². The van der Waals surface area contributed by atoms with Crippen LogP contribution in [0.5, 0.6) is 0 Å². The summed E-state index contributed by atoms with van der Waals surface area (Å²) in [6.45, 7) is 3.87. The number of primary amides is 1. The molecular formula is C26H32N4O7. The lowest BCUT2D eigenvalue weighted by Gasteiger charge is -2.53. The number of carboxylic acid groups (broad SMARTS) is 1. The number of carbonyl (C=O) groups excluding carboxylic acids is 5. The topological polar surface area (TPSA) is 158 Å². The molecule has 2 atom stereocenters. The molecule has 1 aromatic carbocycles. The molecule has 1 unspecified atom stereocenters. The Kier molecular flexibility index (Phi) is 6.93. The number of carboxylic acids is 1. The van der Waals surface area contributed by atoms with Crippen molar-refractivity contribution in [1.82, 2.24) is 14.7 Å². The molecule has 198 valence electrons. The van der Waals surface area contributed by atoms with E-state index in [0.29, 0.717) is 13.1 Å². The van der Waals surface area contributed by atoms with Crippen LogP contribution in [0, 0.1) is 5.41 Å². The number of fused-ring (bicyclic) bond motifs is 1. The fourth-order valence-corrected chi connectivity index (χ4v) is 6.09. The molecule has 37 heavy (non-hydrogen) atoms. The van der Waals surface area contributed by atoms with Crippen LogP contribution >= 0.6 is 0 Å². The Morgan fingerprint density at radius 3 is 2.08 bits per heavy atom. The second kappa shape index (κ2) is 9.70. The summed E-state index contributed by atoms with van der Waals surface area (Å²) in [5.41, 5.74) is 3.36. The fraction of sp³-hybridized carbons (Fsp3) is 0.538. The van der Waals surface area contributed by atoms with E-state index in [2.05, 4.69) is 0 Å². The maximum absolute atomic E-state index is 13.7. The highest BCUT2D eigenvalue weighted by molar-refractivity contribution is 6.23. The van der Waals surface area contributed by atoms with Crippen LogP contribution in [-0.2, 0) is 19.2 Å². The van der Waals surface area contributed by atoms with E-state index >= 15 is 0 Å². The van der Waals surface area contributed by atoms with E-state index in [4.69, 9.17) is 5.73 Å². The van der Waals surface area contributed by atoms with Crippen LogP contribution in [0.1, 0.15) is 73.1 Å². The van der Waals surface area contributed by atoms with Crippen LogP contribution in [-0.4, -0.2) is 86.5 Å². The van der Waals surface area contributed by atoms with Crippen molar-refractivity contribution in [2.24, 2.45) is 11.1 Å². The molecule has 11 nitrogen and oxygen atoms in total. The number of benzene rings is 1. The molecule has 3 heterocycles. The summed E-state index contributed by atoms with van der Waals surface area (Å²) in [6, 6.07) is 5.10. The number of hydrogen-bond acceptors (Lipinski definition) is 7. The Hall–Kier alpha value is -3.60. The quantitative estimate of drug-likeness (QED) is 0.488. The zero-order chi connectivity index (χ0) is 27.1. The lowest BCUT2D eigenvalue weighted by Crippen LogP contribution is -2.70. The Bertz CT molecular complexity index is 1140. The molecule has 0 spiro atoms. The summed E-state index contributed by atoms with van der Waals surface area (Å²) in [6.07, 6.45) is 1.76. The van der Waals surface area contributed by atoms with Crippen LogP contribution in [0.15, 0.2) is 24.3 Å². The van der Waals surface area contributed by atoms with Crippen LogP contribution in [0.25, 0.3) is 0 Å². The van der Waals surface area contributed by atoms with Crippen molar-refractivity contribution in [3.05, 3.63) is 35.4 Å². The summed E-state index contributed by atoms with van der Waals surface area (Å²) in [7, 11) is 0. The predicted molar refractivity (Wildman–Crippen MR) is 130 cm³/mol. The first-order valence-electron chi connectivity index (χ1n) is 12.5. The van der Waals surface area contributed by atoms with E-state index in [1.165, 1.54) is 12.1 Å². The van der Waals surface area contributed by atoms with E-state index in [1.807, 2.05) is 0 Å². The van der Waals surface area contributed by atoms with Crippen molar-refractivity contribution in [1.29, 1.82) is 0 Å². The SMILES string of the molecule is CC(C)(CN1C(=O)CCC(N2C(=O)c3ccccc3C2=O)C1=O)[C@@](CC(=O)O)(C(N)=O)N1CCCCC1. The number of rotatable bonds is 8. The summed E-state index contributed by atoms with van der Waals surface area (Å²) < 4.78 is 0. The van der Waals surface area contributed by atoms with Gasteiger partial charge in [-0.25, -0.2) is 0 Å². The van der Waals surface area contributed by atoms with Crippen LogP contribution in [0.2, 0.25) is 0 Å². The Morgan fingerprint density at radius 2 is 1.57 bits per heavy atom. The standard InChI is InChI=1S/C26H32N4O7/c1-25(2,26(24(27)37,14-20(32)33)28-12-6-3-7-13-28)15-29-19(31)11-10-18(23(29)36)30-21(34)16-8-4-5-9-17(16)22(30)35/h4-5,8-9,18H,3,6-7,10-15H2,1-2H3,(H2,27,37)(H,32,33)/t18?,26-/m1/s1. The van der Waals surface area contributed by atoms with Crippen LogP contribution in [0.3, 0.4) is 0 Å². The number of amides is 5. The largest absolute Gasteiger partial charge is 0.481 e. The first-order chi connectivity index (χ1) is 17.4. The second-order valence-electron chi connectivity index (χ2n) is 10.6. The lowest BCUT2D eigenvalue weighted by molar-refractivity contribution is -0.163. The number of likely N-dealkylation sites (tertiary alicyclic amines) is 2. The van der Waals surface area contributed by atoms with Gasteiger partial charge in [0.15, 0.2) is 0 Å². The summed E-state index contributed by atoms with van der Waals surface area (Å²) >= 11 is 0. The zero-order valence-corrected chi connectivity index (χ0v) is 21.1. The van der Waals surface area contributed by atoms with E-state index in [9.17, 15) is 33.9 Å². The van der Waals surface area contributed by atoms with Gasteiger partial charge in [-0.05, 0) is 44.5 Å². The highest BCUT2D eigenvalue weighted by Crippen LogP contribution is 2.42. The molecule has 0 aliphatic carbocycles. The number of hydrogen-bond donors (Lipinski definition) is 2. The Morgan fingerprint density at radius 1 is 1.00 bits per heavy atom. The van der Waals surface area contributed by atoms with Crippen LogP contribution < -0.4 is 5.73 Å². The molecule has 2 saturated heterocycles. The van der Waals surface area contributed by atoms with Gasteiger partial charge in [-0.1, -0.05) is 32.4 Å². The number of carbonyl (C=O) groups is 6. The number of aliphatic carboxylic acids is 1. The van der Waals surface area contributed by atoms with Crippen molar-refractivity contribution in [3.63, 3.8) is 0 Å². The van der Waals surface area contributed by atoms with E-state index in [1.54, 1.807) is 30.9 Å². The molecule has 1 aromatic rings. The minimum atomic E-state index is -1.66. The molecule has 0 aromatic heterocycles. The van der Waals surface area contributed by atoms with E-state index < -0.39 is 58.9 Å². The van der Waals surface area contributed by atoms with Crippen molar-refractivity contribution >= 4 is 35.5 Å². The van der Waals surface area contributed by atoms with Crippen molar-refractivity contribution in [2.45, 2.75) is 64.0 Å². The maximum Gasteiger partial charge on any atom is 0.305 e. The number of imide groups is 2. The van der Waals surface area contributed by atoms with Gasteiger partial charge in [-0.15, -0.1) is 0 Å². The average molecular weight is 513 g/mol. The predicted octanol–water partition coefficient (Wildman–Crippen LogP) is 1.01. The van der Waals surface area contributed by atoms with Gasteiger partial charge in [0.25, 0.3) is 17.7 Å². The molecular weight excluding hydrogens is 480 g/mol. The molecule has 3 aliphatic rings. The lowest BCUT2D eigenvalue weighted by atomic mass is 9.67. The number of nitrogens with two attached hydrogens (primary N) is 1. The maximum atomic E-state index is 13.7. The average Bonchev–Trinajstić information content (AvgIpc) is 3.10. The van der Waals surface area contributed by atoms with Crippen molar-refractivity contribution in [2.75, 3.05) is 19.6 Å². The van der Waals surface area contributed by atoms with Crippen molar-refractivity contribution < 1.29 is 33.9 Å². The first kappa shape index (κ1) is 26.5. The number of nitrogens with zero attached hydrogens (tertiary/aromatic N) is 3. The Labute approximate surface area is 214 Å². The number of piperidine rings is 2. The smallest absolute Gasteiger partial charge is 0.305 e. The van der Waals surface area contributed by atoms with Gasteiger partial charge in [0.2, 0.25) is 11.8 Å². The summed E-state index contributed by atoms with van der Waals surface area (Å²) in [5.74, 6) is -4.51. The first-order valence-corrected chi connectivity index (χ1v) is 12.5. The van der Waals surface area contributed by atoms with Gasteiger partial charge in [-0.2, -0.15) is 0 Å². The van der Waals surface area contributed by atoms with Gasteiger partial charge in [0.05, 0.1) is 17.5 Å². The zero-order valence-electron chi connectivity index (χ0n) is 21.1. The molecule has 0 saturated carbocycles. The van der Waals surface area contributed by atoms with Gasteiger partial charge < -0.3 is 10.8 Å². The molecule has 2 fully saturated rings. The minimum absolute atomic E-state index is 0.0116. The normalized spacial score (nSPS) is 22.7. The molecule has 4 rings (SSSR count). The third-order valence-electron chi connectivity index (χ3n) is 8.00. The second-order valence-corrected chi connectivity index (χ2v) is 10.6.